The van der Waals surface area contributed by atoms with Crippen LogP contribution < -0.4 is 15.4 Å². The van der Waals surface area contributed by atoms with Crippen LogP contribution in [0, 0.1) is 30.6 Å². The Labute approximate surface area is 225 Å². The van der Waals surface area contributed by atoms with Gasteiger partial charge in [0.1, 0.15) is 24.2 Å². The van der Waals surface area contributed by atoms with Crippen LogP contribution >= 0.6 is 0 Å². The van der Waals surface area contributed by atoms with Crippen LogP contribution in [0.15, 0.2) is 54.7 Å². The summed E-state index contributed by atoms with van der Waals surface area (Å²) in [5.41, 5.74) is 1.87. The molecule has 5 rings (SSSR count). The lowest BCUT2D eigenvalue weighted by molar-refractivity contribution is -0.119. The largest absolute Gasteiger partial charge is 0.461 e. The van der Waals surface area contributed by atoms with E-state index >= 15 is 4.39 Å². The number of alkyl carbamates (subject to hydrolysis) is 1. The minimum atomic E-state index is -1.03. The van der Waals surface area contributed by atoms with Gasteiger partial charge in [-0.05, 0) is 74.1 Å². The number of rotatable bonds is 11. The topological polar surface area (TPSA) is 102 Å². The highest BCUT2D eigenvalue weighted by atomic mass is 19.1. The normalized spacial score (nSPS) is 15.5. The van der Waals surface area contributed by atoms with Gasteiger partial charge >= 0.3 is 6.09 Å². The van der Waals surface area contributed by atoms with Crippen LogP contribution in [0.4, 0.5) is 19.4 Å². The van der Waals surface area contributed by atoms with Gasteiger partial charge in [-0.25, -0.2) is 14.2 Å². The first-order valence-corrected chi connectivity index (χ1v) is 13.0. The van der Waals surface area contributed by atoms with Crippen LogP contribution in [0.5, 0.6) is 5.75 Å². The molecule has 2 saturated carbocycles. The molecule has 0 unspecified atom stereocenters. The van der Waals surface area contributed by atoms with Crippen LogP contribution in [0.25, 0.3) is 11.1 Å². The zero-order valence-corrected chi connectivity index (χ0v) is 21.5. The van der Waals surface area contributed by atoms with Crippen molar-refractivity contribution in [3.8, 4) is 16.9 Å². The van der Waals surface area contributed by atoms with E-state index in [0.29, 0.717) is 23.1 Å². The van der Waals surface area contributed by atoms with Crippen molar-refractivity contribution in [1.82, 2.24) is 15.3 Å². The number of anilines is 1. The molecule has 2 amide bonds. The number of ether oxygens (including phenoxy) is 2. The number of benzene rings is 1. The quantitative estimate of drug-likeness (QED) is 0.311. The number of carbonyl (C=O) groups excluding carboxylic acids is 2. The summed E-state index contributed by atoms with van der Waals surface area (Å²) in [4.78, 5) is 34.2. The average Bonchev–Trinajstić information content (AvgIpc) is 3.85. The molecule has 0 radical (unpaired) electrons. The molecule has 2 fully saturated rings. The summed E-state index contributed by atoms with van der Waals surface area (Å²) < 4.78 is 37.9. The van der Waals surface area contributed by atoms with Gasteiger partial charge in [0.15, 0.2) is 0 Å². The fourth-order valence-electron chi connectivity index (χ4n) is 4.96. The van der Waals surface area contributed by atoms with Crippen LogP contribution in [0.2, 0.25) is 0 Å². The van der Waals surface area contributed by atoms with E-state index in [1.807, 2.05) is 30.3 Å². The van der Waals surface area contributed by atoms with E-state index in [4.69, 9.17) is 9.47 Å². The second-order valence-corrected chi connectivity index (χ2v) is 10.0. The summed E-state index contributed by atoms with van der Waals surface area (Å²) in [6, 6.07) is 12.9. The van der Waals surface area contributed by atoms with E-state index in [-0.39, 0.29) is 29.7 Å². The number of aryl methyl sites for hydroxylation is 1. The van der Waals surface area contributed by atoms with E-state index in [1.54, 1.807) is 6.92 Å². The fraction of sp³-hybridized carbons (Fsp3) is 0.379. The second-order valence-electron chi connectivity index (χ2n) is 10.0. The Morgan fingerprint density at radius 1 is 1.05 bits per heavy atom. The van der Waals surface area contributed by atoms with E-state index in [0.717, 1.165) is 31.2 Å². The van der Waals surface area contributed by atoms with Crippen molar-refractivity contribution in [2.75, 3.05) is 12.2 Å². The third kappa shape index (κ3) is 6.68. The summed E-state index contributed by atoms with van der Waals surface area (Å²) in [5, 5.41) is 5.46. The molecule has 10 heteroatoms. The molecule has 1 atom stereocenters. The molecular weight excluding hydrogens is 506 g/mol. The first kappa shape index (κ1) is 26.5. The third-order valence-corrected chi connectivity index (χ3v) is 7.16. The molecular formula is C29H30F2N4O4. The number of hydrogen-bond acceptors (Lipinski definition) is 6. The first-order valence-electron chi connectivity index (χ1n) is 13.0. The maximum atomic E-state index is 15.1. The molecule has 2 heterocycles. The molecule has 2 aliphatic rings. The number of halogens is 2. The molecule has 8 nitrogen and oxygen atoms in total. The Hall–Kier alpha value is -4.08. The number of hydrogen-bond donors (Lipinski definition) is 2. The molecule has 39 heavy (non-hydrogen) atoms. The number of amides is 2. The summed E-state index contributed by atoms with van der Waals surface area (Å²) in [6.07, 6.45) is 4.69. The molecule has 2 N–H and O–H groups in total. The number of aromatic nitrogens is 2. The van der Waals surface area contributed by atoms with Crippen molar-refractivity contribution < 1.29 is 27.8 Å². The van der Waals surface area contributed by atoms with Gasteiger partial charge in [-0.3, -0.25) is 9.78 Å². The van der Waals surface area contributed by atoms with Gasteiger partial charge in [-0.1, -0.05) is 30.3 Å². The predicted molar refractivity (Wildman–Crippen MR) is 140 cm³/mol. The lowest BCUT2D eigenvalue weighted by atomic mass is 9.89. The number of nitrogens with one attached hydrogen (secondary N) is 2. The highest BCUT2D eigenvalue weighted by Gasteiger charge is 2.48. The number of pyridine rings is 2. The van der Waals surface area contributed by atoms with Crippen molar-refractivity contribution >= 4 is 17.8 Å². The Morgan fingerprint density at radius 3 is 2.41 bits per heavy atom. The van der Waals surface area contributed by atoms with Crippen LogP contribution in [-0.4, -0.2) is 34.9 Å². The first-order chi connectivity index (χ1) is 18.9. The molecule has 0 bridgehead atoms. The molecule has 0 spiro atoms. The van der Waals surface area contributed by atoms with Gasteiger partial charge in [0, 0.05) is 16.8 Å². The standard InChI is InChI=1S/C29H30F2N4O4/c1-17-23(13-21(14-32-17)39-16-30)22-11-12-24(33-27(22)31)34-28(36)26(25(19-7-8-19)20-9-10-20)35-29(37)38-15-18-5-3-2-4-6-18/h2-6,11-14,19-20,25-26H,7-10,15-16H2,1H3,(H,35,37)(H,33,34,36)/t26-/m0/s1. The number of alkyl halides is 1. The van der Waals surface area contributed by atoms with Gasteiger partial charge in [0.25, 0.3) is 0 Å². The summed E-state index contributed by atoms with van der Waals surface area (Å²) in [7, 11) is 0. The van der Waals surface area contributed by atoms with Crippen molar-refractivity contribution in [2.45, 2.75) is 45.3 Å². The molecule has 2 aliphatic carbocycles. The highest BCUT2D eigenvalue weighted by Crippen LogP contribution is 2.51. The zero-order valence-electron chi connectivity index (χ0n) is 21.5. The molecule has 204 valence electrons. The molecule has 0 saturated heterocycles. The molecule has 1 aromatic carbocycles. The molecule has 0 aliphatic heterocycles. The minimum Gasteiger partial charge on any atom is -0.461 e. The SMILES string of the molecule is Cc1ncc(OCF)cc1-c1ccc(NC(=O)[C@@H](NC(=O)OCc2ccccc2)C(C2CC2)C2CC2)nc1F. The Morgan fingerprint density at radius 2 is 1.77 bits per heavy atom. The van der Waals surface area contributed by atoms with E-state index < -0.39 is 30.9 Å². The van der Waals surface area contributed by atoms with Crippen LogP contribution in [-0.2, 0) is 16.1 Å². The molecule has 3 aromatic rings. The van der Waals surface area contributed by atoms with Crippen molar-refractivity contribution in [3.05, 3.63) is 71.9 Å². The molecule has 2 aromatic heterocycles. The van der Waals surface area contributed by atoms with Crippen molar-refractivity contribution in [2.24, 2.45) is 17.8 Å². The fourth-order valence-corrected chi connectivity index (χ4v) is 4.96. The number of nitrogens with zero attached hydrogens (tertiary/aromatic N) is 2. The van der Waals surface area contributed by atoms with Gasteiger partial charge < -0.3 is 20.1 Å². The van der Waals surface area contributed by atoms with E-state index in [1.165, 1.54) is 24.4 Å². The van der Waals surface area contributed by atoms with E-state index in [2.05, 4.69) is 20.6 Å². The lowest BCUT2D eigenvalue weighted by Crippen LogP contribution is -2.50. The lowest BCUT2D eigenvalue weighted by Gasteiger charge is -2.27. The maximum absolute atomic E-state index is 15.1. The number of carbonyl (C=O) groups is 2. The Kier molecular flexibility index (Phi) is 7.99. The third-order valence-electron chi connectivity index (χ3n) is 7.16. The smallest absolute Gasteiger partial charge is 0.408 e. The second kappa shape index (κ2) is 11.8. The monoisotopic (exact) mass is 536 g/mol. The van der Waals surface area contributed by atoms with Gasteiger partial charge in [0.2, 0.25) is 18.7 Å². The summed E-state index contributed by atoms with van der Waals surface area (Å²) in [6.45, 7) is 0.735. The average molecular weight is 537 g/mol. The van der Waals surface area contributed by atoms with Crippen LogP contribution in [0.1, 0.15) is 36.9 Å². The summed E-state index contributed by atoms with van der Waals surface area (Å²) in [5.74, 6) is -0.445. The highest BCUT2D eigenvalue weighted by molar-refractivity contribution is 5.96. The van der Waals surface area contributed by atoms with Gasteiger partial charge in [0.05, 0.1) is 6.20 Å². The maximum Gasteiger partial charge on any atom is 0.408 e. The van der Waals surface area contributed by atoms with Crippen molar-refractivity contribution in [1.29, 1.82) is 0 Å². The predicted octanol–water partition coefficient (Wildman–Crippen LogP) is 5.57. The van der Waals surface area contributed by atoms with Gasteiger partial charge in [-0.15, -0.1) is 0 Å². The van der Waals surface area contributed by atoms with E-state index in [9.17, 15) is 14.0 Å². The Balaban J connectivity index is 1.31. The van der Waals surface area contributed by atoms with Crippen LogP contribution in [0.3, 0.4) is 0 Å². The Bertz CT molecular complexity index is 1320. The van der Waals surface area contributed by atoms with Gasteiger partial charge in [-0.2, -0.15) is 4.39 Å². The summed E-state index contributed by atoms with van der Waals surface area (Å²) >= 11 is 0. The zero-order chi connectivity index (χ0) is 27.4. The minimum absolute atomic E-state index is 0.0119. The van der Waals surface area contributed by atoms with Crippen molar-refractivity contribution in [3.63, 3.8) is 0 Å².